The van der Waals surface area contributed by atoms with E-state index in [0.29, 0.717) is 0 Å². The minimum Gasteiger partial charge on any atom is -0.256 e. The molecule has 18 rings (SSSR count). The summed E-state index contributed by atoms with van der Waals surface area (Å²) in [5.74, 6) is 0. The molecule has 0 radical (unpaired) electrons. The quantitative estimate of drug-likeness (QED) is 0.155. The van der Waals surface area contributed by atoms with Crippen molar-refractivity contribution in [2.45, 2.75) is 0 Å². The second-order valence-corrected chi connectivity index (χ2v) is 22.2. The normalized spacial score (nSPS) is 12.1. The van der Waals surface area contributed by atoms with E-state index in [4.69, 9.17) is 9.97 Å². The maximum atomic E-state index is 5.11. The van der Waals surface area contributed by atoms with Gasteiger partial charge >= 0.3 is 0 Å². The molecule has 16 aromatic rings. The zero-order chi connectivity index (χ0) is 53.6. The minimum absolute atomic E-state index is 1.05. The Labute approximate surface area is 473 Å². The fourth-order valence-electron chi connectivity index (χ4n) is 14.4. The van der Waals surface area contributed by atoms with E-state index in [9.17, 15) is 0 Å². The van der Waals surface area contributed by atoms with Gasteiger partial charge in [0.25, 0.3) is 0 Å². The van der Waals surface area contributed by atoms with E-state index in [0.717, 1.165) is 11.4 Å². The van der Waals surface area contributed by atoms with Crippen molar-refractivity contribution in [2.24, 2.45) is 0 Å². The van der Waals surface area contributed by atoms with Crippen LogP contribution in [0.15, 0.2) is 279 Å². The van der Waals surface area contributed by atoms with Crippen LogP contribution in [0.1, 0.15) is 0 Å². The molecule has 0 saturated heterocycles. The molecule has 0 fully saturated rings. The molecule has 2 nitrogen and oxygen atoms in total. The monoisotopic (exact) mass is 1030 g/mol. The lowest BCUT2D eigenvalue weighted by Gasteiger charge is -2.20. The minimum atomic E-state index is 1.05. The summed E-state index contributed by atoms with van der Waals surface area (Å²) in [5, 5.41) is 17.3. The van der Waals surface area contributed by atoms with Crippen molar-refractivity contribution in [3.8, 4) is 112 Å². The molecule has 376 valence electrons. The molecule has 0 aliphatic heterocycles. The van der Waals surface area contributed by atoms with Crippen LogP contribution in [-0.2, 0) is 0 Å². The summed E-state index contributed by atoms with van der Waals surface area (Å²) >= 11 is 0. The van der Waals surface area contributed by atoms with Crippen molar-refractivity contribution in [3.63, 3.8) is 0 Å². The highest BCUT2D eigenvalue weighted by Gasteiger charge is 2.30. The number of fused-ring (bicyclic) bond motifs is 15. The van der Waals surface area contributed by atoms with Crippen molar-refractivity contribution in [3.05, 3.63) is 279 Å². The van der Waals surface area contributed by atoms with Crippen molar-refractivity contribution in [1.29, 1.82) is 0 Å². The number of nitrogens with zero attached hydrogens (tertiary/aromatic N) is 2. The lowest BCUT2D eigenvalue weighted by molar-refractivity contribution is 1.35. The van der Waals surface area contributed by atoms with Crippen molar-refractivity contribution in [1.82, 2.24) is 9.97 Å². The maximum absolute atomic E-state index is 5.11. The molecule has 2 aliphatic rings. The standard InChI is InChI=1S/C80H46N2/c1-5-17-47(18-6-1)51-29-31-59-65(41-51)67(43-71-61-37-33-53(49-21-9-3-10-22-49)75-63-27-15-39-81-79(63)73(77(61)75)45-69(59)71)57-35-36-58(56-26-14-13-25-55(56)57)68-44-72-62-38-34-54(50-23-11-4-12-24-50)76-64-28-16-40-82-80(64)74(78(62)76)46-70(72)60-32-30-52(42-66(60)68)48-19-7-2-8-20-48/h1-46H. The van der Waals surface area contributed by atoms with E-state index in [-0.39, 0.29) is 0 Å². The SMILES string of the molecule is c1ccc(-c2ccc3c(c2)c(-c2ccc(-c4cc5c6ccc(-c7ccccc7)c7c6c(cc5c5ccc(-c6ccccc6)cc45)-c4ncccc4-7)c4ccccc24)cc2c4ccc(-c5ccccc5)c5c4c(cc32)-c2ncccc2-5)cc1. The second-order valence-electron chi connectivity index (χ2n) is 22.2. The summed E-state index contributed by atoms with van der Waals surface area (Å²) in [6.07, 6.45) is 3.89. The van der Waals surface area contributed by atoms with E-state index < -0.39 is 0 Å². The molecule has 2 heterocycles. The molecule has 0 N–H and O–H groups in total. The molecular weight excluding hydrogens is 989 g/mol. The Bertz CT molecular complexity index is 5080. The summed E-state index contributed by atoms with van der Waals surface area (Å²) in [6, 6.07) is 99.5. The maximum Gasteiger partial charge on any atom is 0.0787 e. The second kappa shape index (κ2) is 17.3. The van der Waals surface area contributed by atoms with E-state index in [2.05, 4.69) is 267 Å². The molecule has 82 heavy (non-hydrogen) atoms. The highest BCUT2D eigenvalue weighted by molar-refractivity contribution is 6.33. The molecule has 2 heteroatoms. The number of benzene rings is 14. The Morgan fingerprint density at radius 1 is 0.171 bits per heavy atom. The number of rotatable bonds is 6. The molecule has 0 spiro atoms. The van der Waals surface area contributed by atoms with E-state index in [1.54, 1.807) is 0 Å². The van der Waals surface area contributed by atoms with Crippen LogP contribution in [0, 0.1) is 0 Å². The Hall–Kier alpha value is -10.8. The van der Waals surface area contributed by atoms with Crippen LogP contribution >= 0.6 is 0 Å². The van der Waals surface area contributed by atoms with E-state index in [1.165, 1.54) is 176 Å². The van der Waals surface area contributed by atoms with Crippen LogP contribution in [0.25, 0.3) is 187 Å². The third-order valence-electron chi connectivity index (χ3n) is 18.0. The molecule has 0 bridgehead atoms. The summed E-state index contributed by atoms with van der Waals surface area (Å²) < 4.78 is 0. The smallest absolute Gasteiger partial charge is 0.0787 e. The largest absolute Gasteiger partial charge is 0.256 e. The van der Waals surface area contributed by atoms with Gasteiger partial charge in [-0.1, -0.05) is 218 Å². The first-order chi connectivity index (χ1) is 40.7. The average molecular weight is 1040 g/mol. The van der Waals surface area contributed by atoms with Crippen LogP contribution in [0.4, 0.5) is 0 Å². The Morgan fingerprint density at radius 2 is 0.524 bits per heavy atom. The molecule has 0 amide bonds. The molecule has 0 unspecified atom stereocenters. The molecule has 2 aromatic heterocycles. The molecule has 2 aliphatic carbocycles. The first-order valence-electron chi connectivity index (χ1n) is 28.4. The topological polar surface area (TPSA) is 25.8 Å². The third-order valence-corrected chi connectivity index (χ3v) is 18.0. The predicted octanol–water partition coefficient (Wildman–Crippen LogP) is 21.8. The number of aromatic nitrogens is 2. The van der Waals surface area contributed by atoms with Crippen LogP contribution in [-0.4, -0.2) is 9.97 Å². The zero-order valence-electron chi connectivity index (χ0n) is 44.5. The van der Waals surface area contributed by atoms with Gasteiger partial charge in [0.05, 0.1) is 11.4 Å². The van der Waals surface area contributed by atoms with Crippen LogP contribution in [0.2, 0.25) is 0 Å². The lowest BCUT2D eigenvalue weighted by atomic mass is 9.83. The highest BCUT2D eigenvalue weighted by atomic mass is 14.7. The van der Waals surface area contributed by atoms with Gasteiger partial charge in [0.1, 0.15) is 0 Å². The summed E-state index contributed by atoms with van der Waals surface area (Å²) in [6.45, 7) is 0. The third kappa shape index (κ3) is 6.46. The van der Waals surface area contributed by atoms with Crippen LogP contribution in [0.5, 0.6) is 0 Å². The molecule has 0 saturated carbocycles. The van der Waals surface area contributed by atoms with Gasteiger partial charge < -0.3 is 0 Å². The Morgan fingerprint density at radius 3 is 0.951 bits per heavy atom. The van der Waals surface area contributed by atoms with E-state index in [1.807, 2.05) is 12.4 Å². The van der Waals surface area contributed by atoms with Crippen molar-refractivity contribution < 1.29 is 0 Å². The van der Waals surface area contributed by atoms with Gasteiger partial charge in [-0.3, -0.25) is 9.97 Å². The zero-order valence-corrected chi connectivity index (χ0v) is 44.5. The summed E-state index contributed by atoms with van der Waals surface area (Å²) in [7, 11) is 0. The highest BCUT2D eigenvalue weighted by Crippen LogP contribution is 2.56. The average Bonchev–Trinajstić information content (AvgIpc) is 4.28. The van der Waals surface area contributed by atoms with Gasteiger partial charge in [0, 0.05) is 56.5 Å². The Balaban J connectivity index is 0.924. The summed E-state index contributed by atoms with van der Waals surface area (Å²) in [4.78, 5) is 10.2. The lowest BCUT2D eigenvalue weighted by Crippen LogP contribution is -1.93. The van der Waals surface area contributed by atoms with Crippen LogP contribution in [0.3, 0.4) is 0 Å². The molecular formula is C80H46N2. The first-order valence-corrected chi connectivity index (χ1v) is 28.4. The molecule has 14 aromatic carbocycles. The van der Waals surface area contributed by atoms with Crippen LogP contribution < -0.4 is 0 Å². The van der Waals surface area contributed by atoms with Gasteiger partial charge in [0.15, 0.2) is 0 Å². The first kappa shape index (κ1) is 45.1. The van der Waals surface area contributed by atoms with E-state index >= 15 is 0 Å². The fraction of sp³-hybridized carbons (Fsp3) is 0. The number of hydrogen-bond acceptors (Lipinski definition) is 2. The van der Waals surface area contributed by atoms with Crippen molar-refractivity contribution in [2.75, 3.05) is 0 Å². The number of hydrogen-bond donors (Lipinski definition) is 0. The van der Waals surface area contributed by atoms with Gasteiger partial charge in [-0.2, -0.15) is 0 Å². The van der Waals surface area contributed by atoms with Gasteiger partial charge in [-0.25, -0.2) is 0 Å². The predicted molar refractivity (Wildman–Crippen MR) is 346 cm³/mol. The van der Waals surface area contributed by atoms with Crippen molar-refractivity contribution >= 4 is 75.4 Å². The van der Waals surface area contributed by atoms with Gasteiger partial charge in [-0.15, -0.1) is 0 Å². The fourth-order valence-corrected chi connectivity index (χ4v) is 14.4. The van der Waals surface area contributed by atoms with Gasteiger partial charge in [-0.05, 0) is 180 Å². The number of pyridine rings is 2. The summed E-state index contributed by atoms with van der Waals surface area (Å²) in [5.41, 5.74) is 23.8. The Kier molecular flexibility index (Phi) is 9.54. The van der Waals surface area contributed by atoms with Gasteiger partial charge in [0.2, 0.25) is 0 Å². The molecule has 0 atom stereocenters.